The molecule has 0 aromatic heterocycles. The third-order valence-electron chi connectivity index (χ3n) is 4.72. The molecule has 6 heteroatoms. The van der Waals surface area contributed by atoms with E-state index in [0.717, 1.165) is 11.1 Å². The Balaban J connectivity index is 2.31. The Hall–Kier alpha value is -3.09. The normalized spacial score (nSPS) is 10.8. The Morgan fingerprint density at radius 2 is 1.44 bits per heavy atom. The molecule has 0 saturated carbocycles. The molecule has 0 aliphatic carbocycles. The molecule has 0 unspecified atom stereocenters. The summed E-state index contributed by atoms with van der Waals surface area (Å²) < 4.78 is 24.2. The number of carbonyl (C=O) groups excluding carboxylic acids is 1. The van der Waals surface area contributed by atoms with Crippen molar-refractivity contribution in [1.82, 2.24) is 0 Å². The van der Waals surface area contributed by atoms with Crippen molar-refractivity contribution in [2.24, 2.45) is 0 Å². The number of para-hydroxylation sites is 2. The number of ether oxygens (including phenoxy) is 1. The van der Waals surface area contributed by atoms with Crippen LogP contribution in [0.15, 0.2) is 86.0 Å². The number of esters is 1. The number of allylic oxidation sites excluding steroid dienone is 2. The Kier molecular flexibility index (Phi) is 9.98. The first-order chi connectivity index (χ1) is 15.4. The van der Waals surface area contributed by atoms with E-state index in [4.69, 9.17) is 18.0 Å². The van der Waals surface area contributed by atoms with E-state index in [1.165, 1.54) is 0 Å². The third kappa shape index (κ3) is 7.25. The Bertz CT molecular complexity index is 882. The van der Waals surface area contributed by atoms with Gasteiger partial charge in [-0.25, -0.2) is 4.79 Å². The molecule has 5 nitrogen and oxygen atoms in total. The van der Waals surface area contributed by atoms with Crippen molar-refractivity contribution in [2.75, 3.05) is 13.7 Å². The van der Waals surface area contributed by atoms with Gasteiger partial charge in [0.2, 0.25) is 0 Å². The summed E-state index contributed by atoms with van der Waals surface area (Å²) in [5.41, 5.74) is 2.35. The van der Waals surface area contributed by atoms with Gasteiger partial charge in [-0.2, -0.15) is 0 Å². The Morgan fingerprint density at radius 3 is 1.88 bits per heavy atom. The van der Waals surface area contributed by atoms with E-state index in [1.807, 2.05) is 60.7 Å². The van der Waals surface area contributed by atoms with Crippen LogP contribution in [-0.4, -0.2) is 28.5 Å². The molecule has 0 heterocycles. The molecule has 0 N–H and O–H groups in total. The lowest BCUT2D eigenvalue weighted by Crippen LogP contribution is -2.51. The largest absolute Gasteiger partial charge is 0.632 e. The molecule has 2 aromatic rings. The van der Waals surface area contributed by atoms with Crippen molar-refractivity contribution in [3.8, 4) is 11.5 Å². The van der Waals surface area contributed by atoms with Gasteiger partial charge in [0.1, 0.15) is 11.5 Å². The number of rotatable bonds is 14. The summed E-state index contributed by atoms with van der Waals surface area (Å²) in [6.45, 7) is 13.1. The van der Waals surface area contributed by atoms with Crippen LogP contribution < -0.4 is 8.85 Å². The predicted molar refractivity (Wildman–Crippen MR) is 130 cm³/mol. The van der Waals surface area contributed by atoms with Crippen LogP contribution >= 0.6 is 0 Å². The fraction of sp³-hybridized carbons (Fsp3) is 0.269. The molecule has 0 bridgehead atoms. The van der Waals surface area contributed by atoms with Crippen molar-refractivity contribution in [1.29, 1.82) is 0 Å². The predicted octanol–water partition coefficient (Wildman–Crippen LogP) is 5.70. The second-order valence-electron chi connectivity index (χ2n) is 7.31. The quantitative estimate of drug-likeness (QED) is 0.121. The molecule has 0 atom stereocenters. The highest BCUT2D eigenvalue weighted by Crippen LogP contribution is 2.30. The number of benzene rings is 2. The summed E-state index contributed by atoms with van der Waals surface area (Å²) in [7, 11) is -1.66. The molecule has 170 valence electrons. The zero-order valence-corrected chi connectivity index (χ0v) is 20.0. The van der Waals surface area contributed by atoms with Gasteiger partial charge in [-0.3, -0.25) is 0 Å². The lowest BCUT2D eigenvalue weighted by atomic mass is 10.1. The standard InChI is InChI=1S/C26H32O5Si/c1-6-13-22-15-8-10-17-24(22)30-32(28-5,20-12-19-29-26(27)21(3)4)31-25-18-11-9-16-23(25)14-7-2/h6-11,15-18H,1-3,12-14,19-20H2,4-5H3. The van der Waals surface area contributed by atoms with Crippen LogP contribution in [0.5, 0.6) is 11.5 Å². The summed E-state index contributed by atoms with van der Waals surface area (Å²) in [6, 6.07) is 16.0. The molecule has 0 fully saturated rings. The van der Waals surface area contributed by atoms with Gasteiger partial charge >= 0.3 is 14.8 Å². The van der Waals surface area contributed by atoms with E-state index in [0.29, 0.717) is 42.4 Å². The summed E-state index contributed by atoms with van der Waals surface area (Å²) in [4.78, 5) is 11.7. The Morgan fingerprint density at radius 1 is 0.938 bits per heavy atom. The molecular formula is C26H32O5Si. The lowest BCUT2D eigenvalue weighted by Gasteiger charge is -2.30. The summed E-state index contributed by atoms with van der Waals surface area (Å²) in [5, 5.41) is 0. The summed E-state index contributed by atoms with van der Waals surface area (Å²) in [5.74, 6) is 0.978. The van der Waals surface area contributed by atoms with Gasteiger partial charge in [-0.1, -0.05) is 55.1 Å². The lowest BCUT2D eigenvalue weighted by molar-refractivity contribution is -0.139. The van der Waals surface area contributed by atoms with Crippen molar-refractivity contribution in [3.63, 3.8) is 0 Å². The van der Waals surface area contributed by atoms with Crippen LogP contribution in [0.1, 0.15) is 24.5 Å². The molecule has 0 spiro atoms. The molecule has 32 heavy (non-hydrogen) atoms. The monoisotopic (exact) mass is 452 g/mol. The average Bonchev–Trinajstić information content (AvgIpc) is 2.79. The highest BCUT2D eigenvalue weighted by molar-refractivity contribution is 6.62. The van der Waals surface area contributed by atoms with Crippen LogP contribution in [0.25, 0.3) is 0 Å². The van der Waals surface area contributed by atoms with Gasteiger partial charge < -0.3 is 18.0 Å². The highest BCUT2D eigenvalue weighted by Gasteiger charge is 2.45. The van der Waals surface area contributed by atoms with Gasteiger partial charge in [-0.05, 0) is 49.4 Å². The van der Waals surface area contributed by atoms with E-state index in [-0.39, 0.29) is 6.61 Å². The van der Waals surface area contributed by atoms with Crippen LogP contribution in [0, 0.1) is 0 Å². The van der Waals surface area contributed by atoms with E-state index in [1.54, 1.807) is 14.0 Å². The minimum Gasteiger partial charge on any atom is -0.492 e. The first kappa shape index (κ1) is 25.2. The van der Waals surface area contributed by atoms with Crippen LogP contribution in [0.3, 0.4) is 0 Å². The van der Waals surface area contributed by atoms with Crippen LogP contribution in [-0.2, 0) is 26.8 Å². The second kappa shape index (κ2) is 12.7. The van der Waals surface area contributed by atoms with Crippen LogP contribution in [0.4, 0.5) is 0 Å². The summed E-state index contributed by atoms with van der Waals surface area (Å²) in [6.07, 6.45) is 5.50. The minimum atomic E-state index is -3.25. The van der Waals surface area contributed by atoms with E-state index < -0.39 is 14.8 Å². The third-order valence-corrected chi connectivity index (χ3v) is 7.37. The number of carbonyl (C=O) groups is 1. The van der Waals surface area contributed by atoms with Crippen molar-refractivity contribution < 1.29 is 22.8 Å². The van der Waals surface area contributed by atoms with E-state index in [9.17, 15) is 4.79 Å². The second-order valence-corrected chi connectivity index (χ2v) is 9.99. The Labute approximate surface area is 192 Å². The van der Waals surface area contributed by atoms with Gasteiger partial charge in [0.05, 0.1) is 6.61 Å². The maximum absolute atomic E-state index is 11.7. The zero-order valence-electron chi connectivity index (χ0n) is 19.0. The molecule has 0 saturated heterocycles. The fourth-order valence-electron chi connectivity index (χ4n) is 3.08. The summed E-state index contributed by atoms with van der Waals surface area (Å²) >= 11 is 0. The van der Waals surface area contributed by atoms with Gasteiger partial charge in [-0.15, -0.1) is 13.2 Å². The smallest absolute Gasteiger partial charge is 0.492 e. The molecule has 2 rings (SSSR count). The van der Waals surface area contributed by atoms with Crippen molar-refractivity contribution >= 4 is 14.8 Å². The average molecular weight is 453 g/mol. The maximum Gasteiger partial charge on any atom is 0.632 e. The van der Waals surface area contributed by atoms with Crippen molar-refractivity contribution in [3.05, 3.63) is 97.1 Å². The minimum absolute atomic E-state index is 0.221. The number of hydrogen-bond donors (Lipinski definition) is 0. The van der Waals surface area contributed by atoms with Crippen LogP contribution in [0.2, 0.25) is 6.04 Å². The fourth-order valence-corrected chi connectivity index (χ4v) is 5.34. The van der Waals surface area contributed by atoms with Crippen molar-refractivity contribution in [2.45, 2.75) is 32.2 Å². The highest BCUT2D eigenvalue weighted by atomic mass is 28.4. The SMILES string of the molecule is C=CCc1ccccc1O[Si](CCCOC(=O)C(=C)C)(OC)Oc1ccccc1CC=C. The maximum atomic E-state index is 11.7. The van der Waals surface area contributed by atoms with Gasteiger partial charge in [0, 0.05) is 18.7 Å². The molecule has 0 aliphatic heterocycles. The van der Waals surface area contributed by atoms with E-state index >= 15 is 0 Å². The molecular weight excluding hydrogens is 420 g/mol. The molecule has 0 radical (unpaired) electrons. The first-order valence-electron chi connectivity index (χ1n) is 10.6. The van der Waals surface area contributed by atoms with E-state index in [2.05, 4.69) is 19.7 Å². The topological polar surface area (TPSA) is 54.0 Å². The van der Waals surface area contributed by atoms with Gasteiger partial charge in [0.15, 0.2) is 0 Å². The number of hydrogen-bond acceptors (Lipinski definition) is 5. The first-order valence-corrected chi connectivity index (χ1v) is 12.5. The zero-order chi connectivity index (χ0) is 23.4. The molecule has 2 aromatic carbocycles. The molecule has 0 amide bonds. The molecule has 0 aliphatic rings. The van der Waals surface area contributed by atoms with Gasteiger partial charge in [0.25, 0.3) is 0 Å².